The summed E-state index contributed by atoms with van der Waals surface area (Å²) in [6, 6.07) is -0.541. The summed E-state index contributed by atoms with van der Waals surface area (Å²) >= 11 is 0. The van der Waals surface area contributed by atoms with Crippen molar-refractivity contribution in [1.29, 1.82) is 0 Å². The molecule has 0 radical (unpaired) electrons. The molecule has 3 rings (SSSR count). The van der Waals surface area contributed by atoms with Crippen molar-refractivity contribution >= 4 is 15.7 Å². The minimum atomic E-state index is -3.29. The maximum Gasteiger partial charge on any atom is 0.241 e. The highest BCUT2D eigenvalue weighted by Crippen LogP contribution is 2.53. The van der Waals surface area contributed by atoms with E-state index in [9.17, 15) is 13.2 Å². The molecule has 120 valence electrons. The van der Waals surface area contributed by atoms with Crippen molar-refractivity contribution in [3.05, 3.63) is 0 Å². The standard InChI is InChI=1S/C15H26N2O3S/c1-2-3-4-9-16-12-13(18)17-14(12)21(19,20)15-7-5-11(10-15)6-8-15/h11-12,14,16H,2-10H2,1H3,(H,17,18)/t11?,12-,14-,15?/m1/s1. The number of unbranched alkanes of at least 4 members (excludes halogenated alkanes) is 2. The second-order valence-electron chi connectivity index (χ2n) is 6.94. The average Bonchev–Trinajstić information content (AvgIpc) is 3.06. The van der Waals surface area contributed by atoms with Crippen molar-refractivity contribution in [2.45, 2.75) is 74.5 Å². The molecule has 2 atom stereocenters. The molecule has 1 amide bonds. The molecule has 2 N–H and O–H groups in total. The third-order valence-electron chi connectivity index (χ3n) is 5.63. The van der Waals surface area contributed by atoms with Crippen LogP contribution in [-0.4, -0.2) is 37.0 Å². The van der Waals surface area contributed by atoms with Crippen LogP contribution in [0.5, 0.6) is 0 Å². The number of hydrogen-bond acceptors (Lipinski definition) is 4. The Morgan fingerprint density at radius 3 is 2.52 bits per heavy atom. The van der Waals surface area contributed by atoms with E-state index in [1.54, 1.807) is 0 Å². The van der Waals surface area contributed by atoms with E-state index < -0.39 is 26.0 Å². The fourth-order valence-electron chi connectivity index (χ4n) is 4.25. The monoisotopic (exact) mass is 314 g/mol. The van der Waals surface area contributed by atoms with E-state index in [-0.39, 0.29) is 5.91 Å². The van der Waals surface area contributed by atoms with Crippen molar-refractivity contribution in [2.75, 3.05) is 6.54 Å². The van der Waals surface area contributed by atoms with Crippen molar-refractivity contribution in [1.82, 2.24) is 10.6 Å². The Hall–Kier alpha value is -0.620. The highest BCUT2D eigenvalue weighted by molar-refractivity contribution is 7.93. The SMILES string of the molecule is CCCCCN[C@@H]1C(=O)N[C@@H]1S(=O)(=O)C12CCC(CC1)C2. The molecular formula is C15H26N2O3S. The molecule has 2 saturated carbocycles. The third kappa shape index (κ3) is 2.40. The quantitative estimate of drug-likeness (QED) is 0.549. The van der Waals surface area contributed by atoms with Crippen LogP contribution in [0, 0.1) is 5.92 Å². The van der Waals surface area contributed by atoms with Gasteiger partial charge in [0.25, 0.3) is 0 Å². The van der Waals surface area contributed by atoms with Crippen molar-refractivity contribution in [3.8, 4) is 0 Å². The Balaban J connectivity index is 1.66. The van der Waals surface area contributed by atoms with Crippen LogP contribution < -0.4 is 10.6 Å². The van der Waals surface area contributed by atoms with Gasteiger partial charge in [0.2, 0.25) is 5.91 Å². The van der Waals surface area contributed by atoms with Crippen molar-refractivity contribution in [2.24, 2.45) is 5.92 Å². The van der Waals surface area contributed by atoms with Crippen LogP contribution in [-0.2, 0) is 14.6 Å². The Morgan fingerprint density at radius 2 is 2.00 bits per heavy atom. The Kier molecular flexibility index (Phi) is 4.03. The average molecular weight is 314 g/mol. The molecule has 0 aromatic heterocycles. The highest BCUT2D eigenvalue weighted by Gasteiger charge is 2.60. The summed E-state index contributed by atoms with van der Waals surface area (Å²) in [5.41, 5.74) is 0. The lowest BCUT2D eigenvalue weighted by Gasteiger charge is -2.41. The topological polar surface area (TPSA) is 75.3 Å². The van der Waals surface area contributed by atoms with Crippen LogP contribution >= 0.6 is 0 Å². The molecule has 3 fully saturated rings. The Bertz CT molecular complexity index is 509. The minimum Gasteiger partial charge on any atom is -0.336 e. The van der Waals surface area contributed by atoms with E-state index in [0.29, 0.717) is 12.5 Å². The van der Waals surface area contributed by atoms with Crippen LogP contribution in [0.15, 0.2) is 0 Å². The molecule has 21 heavy (non-hydrogen) atoms. The molecule has 6 heteroatoms. The lowest BCUT2D eigenvalue weighted by molar-refractivity contribution is -0.129. The Morgan fingerprint density at radius 1 is 1.29 bits per heavy atom. The van der Waals surface area contributed by atoms with Crippen LogP contribution in [0.1, 0.15) is 58.3 Å². The van der Waals surface area contributed by atoms with Gasteiger partial charge in [0.05, 0.1) is 4.75 Å². The van der Waals surface area contributed by atoms with Gasteiger partial charge in [-0.3, -0.25) is 4.79 Å². The number of β-lactam (4-membered cyclic amide) rings is 1. The van der Waals surface area contributed by atoms with Crippen LogP contribution in [0.2, 0.25) is 0 Å². The largest absolute Gasteiger partial charge is 0.336 e. The first-order valence-corrected chi connectivity index (χ1v) is 9.82. The molecule has 1 aliphatic heterocycles. The summed E-state index contributed by atoms with van der Waals surface area (Å²) < 4.78 is 25.4. The number of nitrogens with one attached hydrogen (secondary N) is 2. The zero-order valence-corrected chi connectivity index (χ0v) is 13.5. The van der Waals surface area contributed by atoms with Crippen molar-refractivity contribution in [3.63, 3.8) is 0 Å². The fourth-order valence-corrected chi connectivity index (χ4v) is 6.91. The van der Waals surface area contributed by atoms with E-state index in [1.165, 1.54) is 0 Å². The second-order valence-corrected chi connectivity index (χ2v) is 9.41. The highest BCUT2D eigenvalue weighted by atomic mass is 32.2. The maximum atomic E-state index is 13.0. The molecule has 5 nitrogen and oxygen atoms in total. The molecule has 0 unspecified atom stereocenters. The second kappa shape index (κ2) is 5.54. The molecule has 1 heterocycles. The minimum absolute atomic E-state index is 0.163. The number of amides is 1. The molecule has 0 aromatic carbocycles. The fraction of sp³-hybridized carbons (Fsp3) is 0.933. The van der Waals surface area contributed by atoms with Gasteiger partial charge < -0.3 is 10.6 Å². The first kappa shape index (κ1) is 15.3. The molecule has 1 saturated heterocycles. The van der Waals surface area contributed by atoms with Gasteiger partial charge in [-0.15, -0.1) is 0 Å². The molecular weight excluding hydrogens is 288 g/mol. The molecule has 2 aliphatic carbocycles. The zero-order chi connectivity index (χ0) is 15.1. The van der Waals surface area contributed by atoms with Gasteiger partial charge in [0.1, 0.15) is 6.04 Å². The van der Waals surface area contributed by atoms with Gasteiger partial charge in [0.15, 0.2) is 15.2 Å². The first-order chi connectivity index (χ1) is 10.00. The first-order valence-electron chi connectivity index (χ1n) is 8.27. The smallest absolute Gasteiger partial charge is 0.241 e. The van der Waals surface area contributed by atoms with Gasteiger partial charge in [-0.1, -0.05) is 19.8 Å². The van der Waals surface area contributed by atoms with E-state index in [4.69, 9.17) is 0 Å². The lowest BCUT2D eigenvalue weighted by atomic mass is 10.0. The van der Waals surface area contributed by atoms with E-state index in [0.717, 1.165) is 51.4 Å². The lowest BCUT2D eigenvalue weighted by Crippen LogP contribution is -2.73. The van der Waals surface area contributed by atoms with Gasteiger partial charge in [-0.05, 0) is 51.0 Å². The predicted molar refractivity (Wildman–Crippen MR) is 81.5 cm³/mol. The predicted octanol–water partition coefficient (Wildman–Crippen LogP) is 1.34. The van der Waals surface area contributed by atoms with Gasteiger partial charge in [0, 0.05) is 0 Å². The summed E-state index contributed by atoms with van der Waals surface area (Å²) in [6.07, 6.45) is 7.66. The van der Waals surface area contributed by atoms with E-state index in [1.807, 2.05) is 0 Å². The number of carbonyl (C=O) groups is 1. The van der Waals surface area contributed by atoms with Gasteiger partial charge in [-0.2, -0.15) is 0 Å². The van der Waals surface area contributed by atoms with E-state index in [2.05, 4.69) is 17.6 Å². The number of carbonyl (C=O) groups excluding carboxylic acids is 1. The normalized spacial score (nSPS) is 38.3. The van der Waals surface area contributed by atoms with Gasteiger partial charge >= 0.3 is 0 Å². The van der Waals surface area contributed by atoms with Crippen LogP contribution in [0.3, 0.4) is 0 Å². The summed E-state index contributed by atoms with van der Waals surface area (Å²) in [6.45, 7) is 2.84. The number of rotatable bonds is 7. The third-order valence-corrected chi connectivity index (χ3v) is 8.47. The summed E-state index contributed by atoms with van der Waals surface area (Å²) in [4.78, 5) is 11.7. The Labute approximate surface area is 127 Å². The summed E-state index contributed by atoms with van der Waals surface area (Å²) in [5, 5.41) is 5.08. The molecule has 2 bridgehead atoms. The van der Waals surface area contributed by atoms with Crippen LogP contribution in [0.4, 0.5) is 0 Å². The molecule has 3 aliphatic rings. The van der Waals surface area contributed by atoms with Crippen LogP contribution in [0.25, 0.3) is 0 Å². The maximum absolute atomic E-state index is 13.0. The summed E-state index contributed by atoms with van der Waals surface area (Å²) in [5.74, 6) is 0.426. The van der Waals surface area contributed by atoms with E-state index >= 15 is 0 Å². The number of hydrogen-bond donors (Lipinski definition) is 2. The number of fused-ring (bicyclic) bond motifs is 2. The zero-order valence-electron chi connectivity index (χ0n) is 12.7. The summed E-state index contributed by atoms with van der Waals surface area (Å²) in [7, 11) is -3.29. The van der Waals surface area contributed by atoms with Crippen molar-refractivity contribution < 1.29 is 13.2 Å². The van der Waals surface area contributed by atoms with Gasteiger partial charge in [-0.25, -0.2) is 8.42 Å². The molecule has 0 spiro atoms. The molecule has 0 aromatic rings. The number of sulfone groups is 1.